The number of nitrogens with zero attached hydrogens (tertiary/aromatic N) is 2. The molecule has 2 N–H and O–H groups in total. The molecule has 3 aromatic rings. The number of anilines is 1. The standard InChI is InChI=1S/C20H20N4O3S/c1-15-9-17(12-22-10-15)14-28(26,27)19-6-4-18(5-7-19)24-20(25)23-13-16-3-2-8-21-11-16/h2-12H,13-14H2,1H3,(H2,23,24,25). The maximum Gasteiger partial charge on any atom is 0.319 e. The van der Waals surface area contributed by atoms with Gasteiger partial charge in [0, 0.05) is 37.0 Å². The lowest BCUT2D eigenvalue weighted by Crippen LogP contribution is -2.28. The van der Waals surface area contributed by atoms with E-state index in [1.165, 1.54) is 12.1 Å². The molecule has 0 aliphatic heterocycles. The Morgan fingerprint density at radius 3 is 2.43 bits per heavy atom. The summed E-state index contributed by atoms with van der Waals surface area (Å²) in [4.78, 5) is 20.2. The van der Waals surface area contributed by atoms with Crippen molar-refractivity contribution in [2.24, 2.45) is 0 Å². The molecular weight excluding hydrogens is 376 g/mol. The van der Waals surface area contributed by atoms with Gasteiger partial charge in [0.1, 0.15) is 0 Å². The average molecular weight is 396 g/mol. The highest BCUT2D eigenvalue weighted by molar-refractivity contribution is 7.90. The van der Waals surface area contributed by atoms with E-state index in [4.69, 9.17) is 0 Å². The molecule has 0 aliphatic rings. The highest BCUT2D eigenvalue weighted by Crippen LogP contribution is 2.19. The van der Waals surface area contributed by atoms with Gasteiger partial charge in [0.25, 0.3) is 0 Å². The van der Waals surface area contributed by atoms with Crippen LogP contribution in [0.2, 0.25) is 0 Å². The van der Waals surface area contributed by atoms with Crippen LogP contribution in [0, 0.1) is 6.92 Å². The van der Waals surface area contributed by atoms with E-state index < -0.39 is 9.84 Å². The van der Waals surface area contributed by atoms with Crippen molar-refractivity contribution < 1.29 is 13.2 Å². The SMILES string of the molecule is Cc1cncc(CS(=O)(=O)c2ccc(NC(=O)NCc3cccnc3)cc2)c1. The number of urea groups is 1. The molecule has 28 heavy (non-hydrogen) atoms. The van der Waals surface area contributed by atoms with Crippen molar-refractivity contribution in [2.45, 2.75) is 24.1 Å². The van der Waals surface area contributed by atoms with Crippen LogP contribution in [0.15, 0.2) is 72.1 Å². The third-order valence-corrected chi connectivity index (χ3v) is 5.64. The number of benzene rings is 1. The molecule has 7 nitrogen and oxygen atoms in total. The van der Waals surface area contributed by atoms with Gasteiger partial charge in [0.2, 0.25) is 0 Å². The number of amides is 2. The second-order valence-corrected chi connectivity index (χ2v) is 8.31. The fraction of sp³-hybridized carbons (Fsp3) is 0.150. The summed E-state index contributed by atoms with van der Waals surface area (Å²) >= 11 is 0. The number of sulfone groups is 1. The zero-order valence-electron chi connectivity index (χ0n) is 15.3. The molecule has 0 saturated carbocycles. The van der Waals surface area contributed by atoms with Gasteiger partial charge in [-0.1, -0.05) is 12.1 Å². The smallest absolute Gasteiger partial charge is 0.319 e. The third kappa shape index (κ3) is 5.37. The fourth-order valence-corrected chi connectivity index (χ4v) is 3.92. The molecule has 0 spiro atoms. The van der Waals surface area contributed by atoms with Gasteiger partial charge in [-0.15, -0.1) is 0 Å². The number of carbonyl (C=O) groups excluding carboxylic acids is 1. The Kier molecular flexibility index (Phi) is 6.00. The first-order valence-electron chi connectivity index (χ1n) is 8.59. The van der Waals surface area contributed by atoms with Crippen LogP contribution in [0.3, 0.4) is 0 Å². The van der Waals surface area contributed by atoms with E-state index >= 15 is 0 Å². The molecule has 3 rings (SSSR count). The first kappa shape index (κ1) is 19.5. The van der Waals surface area contributed by atoms with Crippen LogP contribution >= 0.6 is 0 Å². The molecule has 144 valence electrons. The average Bonchev–Trinajstić information content (AvgIpc) is 2.67. The summed E-state index contributed by atoms with van der Waals surface area (Å²) in [6.07, 6.45) is 6.56. The summed E-state index contributed by atoms with van der Waals surface area (Å²) < 4.78 is 25.1. The summed E-state index contributed by atoms with van der Waals surface area (Å²) in [5, 5.41) is 5.39. The minimum atomic E-state index is -3.50. The zero-order valence-corrected chi connectivity index (χ0v) is 16.1. The van der Waals surface area contributed by atoms with E-state index in [2.05, 4.69) is 20.6 Å². The van der Waals surface area contributed by atoms with Gasteiger partial charge in [0.15, 0.2) is 9.84 Å². The van der Waals surface area contributed by atoms with Crippen LogP contribution in [0.1, 0.15) is 16.7 Å². The lowest BCUT2D eigenvalue weighted by molar-refractivity contribution is 0.251. The van der Waals surface area contributed by atoms with Gasteiger partial charge < -0.3 is 10.6 Å². The van der Waals surface area contributed by atoms with Gasteiger partial charge in [-0.05, 0) is 53.9 Å². The van der Waals surface area contributed by atoms with Crippen molar-refractivity contribution in [3.05, 3.63) is 83.9 Å². The molecule has 2 aromatic heterocycles. The number of hydrogen-bond acceptors (Lipinski definition) is 5. The first-order chi connectivity index (χ1) is 13.4. The molecule has 0 fully saturated rings. The summed E-state index contributed by atoms with van der Waals surface area (Å²) in [6.45, 7) is 2.21. The molecule has 1 aromatic carbocycles. The van der Waals surface area contributed by atoms with Crippen molar-refractivity contribution in [2.75, 3.05) is 5.32 Å². The quantitative estimate of drug-likeness (QED) is 0.667. The molecule has 8 heteroatoms. The number of aryl methyl sites for hydroxylation is 1. The largest absolute Gasteiger partial charge is 0.334 e. The Morgan fingerprint density at radius 1 is 1.00 bits per heavy atom. The van der Waals surface area contributed by atoms with Crippen molar-refractivity contribution in [3.8, 4) is 0 Å². The van der Waals surface area contributed by atoms with E-state index in [1.807, 2.05) is 13.0 Å². The minimum absolute atomic E-state index is 0.125. The molecule has 0 radical (unpaired) electrons. The summed E-state index contributed by atoms with van der Waals surface area (Å²) in [5.41, 5.74) is 2.92. The molecule has 0 aliphatic carbocycles. The molecule has 0 atom stereocenters. The lowest BCUT2D eigenvalue weighted by atomic mass is 10.2. The number of hydrogen-bond donors (Lipinski definition) is 2. The van der Waals surface area contributed by atoms with Crippen molar-refractivity contribution in [3.63, 3.8) is 0 Å². The summed E-state index contributed by atoms with van der Waals surface area (Å²) in [7, 11) is -3.50. The second kappa shape index (κ2) is 8.62. The molecule has 0 unspecified atom stereocenters. The Balaban J connectivity index is 1.60. The van der Waals surface area contributed by atoms with Crippen LogP contribution in [-0.4, -0.2) is 24.4 Å². The Bertz CT molecular complexity index is 1050. The van der Waals surface area contributed by atoms with Crippen LogP contribution < -0.4 is 10.6 Å². The van der Waals surface area contributed by atoms with Crippen molar-refractivity contribution >= 4 is 21.6 Å². The normalized spacial score (nSPS) is 11.0. The Hall–Kier alpha value is -3.26. The second-order valence-electron chi connectivity index (χ2n) is 6.32. The number of nitrogens with one attached hydrogen (secondary N) is 2. The highest BCUT2D eigenvalue weighted by atomic mass is 32.2. The highest BCUT2D eigenvalue weighted by Gasteiger charge is 2.16. The van der Waals surface area contributed by atoms with Gasteiger partial charge >= 0.3 is 6.03 Å². The predicted octanol–water partition coefficient (Wildman–Crippen LogP) is 3.08. The third-order valence-electron chi connectivity index (χ3n) is 3.94. The lowest BCUT2D eigenvalue weighted by Gasteiger charge is -2.09. The van der Waals surface area contributed by atoms with Gasteiger partial charge in [0.05, 0.1) is 10.6 Å². The maximum atomic E-state index is 12.6. The van der Waals surface area contributed by atoms with Gasteiger partial charge in [-0.25, -0.2) is 13.2 Å². The topological polar surface area (TPSA) is 101 Å². The molecule has 0 bridgehead atoms. The maximum absolute atomic E-state index is 12.6. The Morgan fingerprint density at radius 2 is 1.75 bits per heavy atom. The number of rotatable bonds is 6. The zero-order chi connectivity index (χ0) is 20.0. The van der Waals surface area contributed by atoms with E-state index in [1.54, 1.807) is 49.1 Å². The molecule has 2 amide bonds. The van der Waals surface area contributed by atoms with Crippen molar-refractivity contribution in [1.29, 1.82) is 0 Å². The Labute approximate surface area is 163 Å². The monoisotopic (exact) mass is 396 g/mol. The molecular formula is C20H20N4O3S. The van der Waals surface area contributed by atoms with Crippen LogP contribution in [0.4, 0.5) is 10.5 Å². The van der Waals surface area contributed by atoms with E-state index in [-0.39, 0.29) is 16.7 Å². The van der Waals surface area contributed by atoms with Crippen LogP contribution in [0.25, 0.3) is 0 Å². The number of aromatic nitrogens is 2. The predicted molar refractivity (Wildman–Crippen MR) is 106 cm³/mol. The van der Waals surface area contributed by atoms with Gasteiger partial charge in [-0.2, -0.15) is 0 Å². The molecule has 0 saturated heterocycles. The van der Waals surface area contributed by atoms with E-state index in [0.29, 0.717) is 17.8 Å². The summed E-state index contributed by atoms with van der Waals surface area (Å²) in [6, 6.07) is 11.1. The minimum Gasteiger partial charge on any atom is -0.334 e. The first-order valence-corrected chi connectivity index (χ1v) is 10.2. The summed E-state index contributed by atoms with van der Waals surface area (Å²) in [5.74, 6) is -0.125. The van der Waals surface area contributed by atoms with Crippen LogP contribution in [-0.2, 0) is 22.1 Å². The number of carbonyl (C=O) groups is 1. The van der Waals surface area contributed by atoms with Crippen LogP contribution in [0.5, 0.6) is 0 Å². The van der Waals surface area contributed by atoms with E-state index in [0.717, 1.165) is 11.1 Å². The number of pyridine rings is 2. The molecule has 2 heterocycles. The van der Waals surface area contributed by atoms with Gasteiger partial charge in [-0.3, -0.25) is 9.97 Å². The van der Waals surface area contributed by atoms with E-state index in [9.17, 15) is 13.2 Å². The van der Waals surface area contributed by atoms with Crippen molar-refractivity contribution in [1.82, 2.24) is 15.3 Å². The fourth-order valence-electron chi connectivity index (χ4n) is 2.61.